The lowest BCUT2D eigenvalue weighted by atomic mass is 9.73. The van der Waals surface area contributed by atoms with Gasteiger partial charge in [-0.1, -0.05) is 25.5 Å². The number of aliphatic hydroxyl groups excluding tert-OH is 1. The predicted octanol–water partition coefficient (Wildman–Crippen LogP) is 6.05. The van der Waals surface area contributed by atoms with Gasteiger partial charge in [-0.3, -0.25) is 9.59 Å². The summed E-state index contributed by atoms with van der Waals surface area (Å²) in [6.45, 7) is 10.0. The highest BCUT2D eigenvalue weighted by Crippen LogP contribution is 2.41. The number of alkyl halides is 3. The van der Waals surface area contributed by atoms with Gasteiger partial charge >= 0.3 is 6.18 Å². The zero-order valence-electron chi connectivity index (χ0n) is 17.0. The summed E-state index contributed by atoms with van der Waals surface area (Å²) in [5, 5.41) is 10.7. The maximum Gasteiger partial charge on any atom is 0.417 e. The van der Waals surface area contributed by atoms with Gasteiger partial charge in [-0.05, 0) is 55.9 Å². The molecule has 1 saturated carbocycles. The molecule has 152 valence electrons. The van der Waals surface area contributed by atoms with E-state index in [0.717, 1.165) is 12.1 Å². The van der Waals surface area contributed by atoms with Crippen LogP contribution < -0.4 is 0 Å². The van der Waals surface area contributed by atoms with E-state index in [1.807, 2.05) is 0 Å². The van der Waals surface area contributed by atoms with Crippen molar-refractivity contribution in [3.05, 3.63) is 45.5 Å². The van der Waals surface area contributed by atoms with Crippen molar-refractivity contribution >= 4 is 22.9 Å². The largest absolute Gasteiger partial charge is 0.506 e. The Morgan fingerprint density at radius 3 is 1.96 bits per heavy atom. The molecule has 0 spiro atoms. The van der Waals surface area contributed by atoms with Crippen LogP contribution in [-0.4, -0.2) is 16.7 Å². The molecule has 3 nitrogen and oxygen atoms in total. The van der Waals surface area contributed by atoms with Crippen molar-refractivity contribution in [2.24, 2.45) is 5.41 Å². The van der Waals surface area contributed by atoms with Crippen LogP contribution in [0.5, 0.6) is 0 Å². The second-order valence-corrected chi connectivity index (χ2v) is 8.37. The van der Waals surface area contributed by atoms with Crippen LogP contribution in [0.15, 0.2) is 23.3 Å². The van der Waals surface area contributed by atoms with Gasteiger partial charge in [0.05, 0.1) is 5.56 Å². The van der Waals surface area contributed by atoms with Crippen molar-refractivity contribution in [3.63, 3.8) is 0 Å². The number of hydrogen-bond acceptors (Lipinski definition) is 3. The molecule has 0 unspecified atom stereocenters. The van der Waals surface area contributed by atoms with Gasteiger partial charge in [0.25, 0.3) is 0 Å². The maximum atomic E-state index is 13.5. The van der Waals surface area contributed by atoms with E-state index in [0.29, 0.717) is 11.1 Å². The van der Waals surface area contributed by atoms with Crippen molar-refractivity contribution in [1.29, 1.82) is 0 Å². The summed E-state index contributed by atoms with van der Waals surface area (Å²) in [6, 6.07) is 2.02. The summed E-state index contributed by atoms with van der Waals surface area (Å²) < 4.78 is 40.6. The molecule has 0 atom stereocenters. The van der Waals surface area contributed by atoms with Gasteiger partial charge in [-0.25, -0.2) is 0 Å². The van der Waals surface area contributed by atoms with Crippen LogP contribution in [0, 0.1) is 12.3 Å². The zero-order chi connectivity index (χ0) is 21.6. The third-order valence-electron chi connectivity index (χ3n) is 5.22. The number of ketones is 2. The van der Waals surface area contributed by atoms with Crippen LogP contribution in [0.1, 0.15) is 69.7 Å². The highest BCUT2D eigenvalue weighted by molar-refractivity contribution is 6.26. The standard InChI is InChI=1S/C22H25F3O3/c1-11(2)12(3)18-13(4)14(7-8-15(18)22(23,24)25)20(28)19-16(26)9-21(5,6)10-17(19)27/h7-8,28H,9-10H2,1-6H3. The number of benzene rings is 1. The molecule has 2 rings (SSSR count). The van der Waals surface area contributed by atoms with Crippen molar-refractivity contribution in [3.8, 4) is 0 Å². The van der Waals surface area contributed by atoms with Gasteiger partial charge in [0.1, 0.15) is 11.3 Å². The first-order valence-electron chi connectivity index (χ1n) is 9.02. The third-order valence-corrected chi connectivity index (χ3v) is 5.22. The average Bonchev–Trinajstić information content (AvgIpc) is 2.50. The number of aliphatic hydroxyl groups is 1. The fourth-order valence-corrected chi connectivity index (χ4v) is 3.60. The van der Waals surface area contributed by atoms with Gasteiger partial charge in [-0.2, -0.15) is 13.2 Å². The minimum Gasteiger partial charge on any atom is -0.506 e. The summed E-state index contributed by atoms with van der Waals surface area (Å²) in [5.41, 5.74) is -0.277. The minimum absolute atomic E-state index is 0.0341. The molecule has 1 aromatic rings. The van der Waals surface area contributed by atoms with E-state index < -0.39 is 34.5 Å². The molecule has 1 aliphatic carbocycles. The van der Waals surface area contributed by atoms with E-state index in [4.69, 9.17) is 0 Å². The van der Waals surface area contributed by atoms with Crippen LogP contribution >= 0.6 is 0 Å². The SMILES string of the molecule is CC(C)=C(C)c1c(C(F)(F)F)ccc(C(O)=C2C(=O)CC(C)(C)CC2=O)c1C. The van der Waals surface area contributed by atoms with Crippen LogP contribution in [0.2, 0.25) is 0 Å². The lowest BCUT2D eigenvalue weighted by Crippen LogP contribution is -2.32. The molecule has 1 aromatic carbocycles. The maximum absolute atomic E-state index is 13.5. The Hall–Kier alpha value is -2.37. The first-order chi connectivity index (χ1) is 12.7. The van der Waals surface area contributed by atoms with E-state index in [2.05, 4.69) is 0 Å². The van der Waals surface area contributed by atoms with Crippen molar-refractivity contribution < 1.29 is 27.9 Å². The molecule has 6 heteroatoms. The number of hydrogen-bond donors (Lipinski definition) is 1. The fraction of sp³-hybridized carbons (Fsp3) is 0.455. The topological polar surface area (TPSA) is 54.4 Å². The van der Waals surface area contributed by atoms with Gasteiger partial charge in [-0.15, -0.1) is 0 Å². The molecule has 0 bridgehead atoms. The summed E-state index contributed by atoms with van der Waals surface area (Å²) in [5.74, 6) is -1.52. The van der Waals surface area contributed by atoms with E-state index in [1.54, 1.807) is 34.6 Å². The van der Waals surface area contributed by atoms with Crippen molar-refractivity contribution in [2.75, 3.05) is 0 Å². The molecule has 0 radical (unpaired) electrons. The molecule has 0 aromatic heterocycles. The Bertz CT molecular complexity index is 890. The molecule has 0 saturated heterocycles. The van der Waals surface area contributed by atoms with E-state index >= 15 is 0 Å². The van der Waals surface area contributed by atoms with Crippen LogP contribution in [0.3, 0.4) is 0 Å². The lowest BCUT2D eigenvalue weighted by molar-refractivity contribution is -0.138. The number of carbonyl (C=O) groups excluding carboxylic acids is 2. The molecular formula is C22H25F3O3. The number of rotatable bonds is 2. The quantitative estimate of drug-likeness (QED) is 0.377. The predicted molar refractivity (Wildman–Crippen MR) is 103 cm³/mol. The average molecular weight is 394 g/mol. The lowest BCUT2D eigenvalue weighted by Gasteiger charge is -2.29. The summed E-state index contributed by atoms with van der Waals surface area (Å²) in [6.07, 6.45) is -4.38. The molecule has 1 N–H and O–H groups in total. The smallest absolute Gasteiger partial charge is 0.417 e. The van der Waals surface area contributed by atoms with Crippen LogP contribution in [0.4, 0.5) is 13.2 Å². The fourth-order valence-electron chi connectivity index (χ4n) is 3.60. The molecular weight excluding hydrogens is 369 g/mol. The number of carbonyl (C=O) groups is 2. The summed E-state index contributed by atoms with van der Waals surface area (Å²) in [7, 11) is 0. The van der Waals surface area contributed by atoms with Crippen molar-refractivity contribution in [2.45, 2.75) is 60.6 Å². The summed E-state index contributed by atoms with van der Waals surface area (Å²) >= 11 is 0. The zero-order valence-corrected chi connectivity index (χ0v) is 17.0. The molecule has 0 amide bonds. The highest BCUT2D eigenvalue weighted by atomic mass is 19.4. The Morgan fingerprint density at radius 1 is 1.04 bits per heavy atom. The molecule has 28 heavy (non-hydrogen) atoms. The number of Topliss-reactive ketones (excluding diaryl/α,β-unsaturated/α-hetero) is 2. The second kappa shape index (κ2) is 7.22. The third kappa shape index (κ3) is 4.05. The molecule has 0 aliphatic heterocycles. The van der Waals surface area contributed by atoms with E-state index in [-0.39, 0.29) is 35.1 Å². The first kappa shape index (κ1) is 21.9. The Kier molecular flexibility index (Phi) is 5.66. The Morgan fingerprint density at radius 2 is 1.54 bits per heavy atom. The van der Waals surface area contributed by atoms with E-state index in [9.17, 15) is 27.9 Å². The van der Waals surface area contributed by atoms with Crippen molar-refractivity contribution in [1.82, 2.24) is 0 Å². The summed E-state index contributed by atoms with van der Waals surface area (Å²) in [4.78, 5) is 24.9. The minimum atomic E-state index is -4.57. The van der Waals surface area contributed by atoms with Gasteiger partial charge in [0.15, 0.2) is 11.6 Å². The van der Waals surface area contributed by atoms with Gasteiger partial charge in [0.2, 0.25) is 0 Å². The van der Waals surface area contributed by atoms with Crippen LogP contribution in [-0.2, 0) is 15.8 Å². The van der Waals surface area contributed by atoms with Crippen LogP contribution in [0.25, 0.3) is 11.3 Å². The Labute approximate surface area is 162 Å². The molecule has 0 heterocycles. The second-order valence-electron chi connectivity index (χ2n) is 8.37. The monoisotopic (exact) mass is 394 g/mol. The first-order valence-corrected chi connectivity index (χ1v) is 9.02. The van der Waals surface area contributed by atoms with Gasteiger partial charge < -0.3 is 5.11 Å². The molecule has 1 fully saturated rings. The number of halogens is 3. The van der Waals surface area contributed by atoms with Gasteiger partial charge in [0, 0.05) is 18.4 Å². The number of allylic oxidation sites excluding steroid dienone is 3. The highest BCUT2D eigenvalue weighted by Gasteiger charge is 2.39. The normalized spacial score (nSPS) is 17.0. The van der Waals surface area contributed by atoms with E-state index in [1.165, 1.54) is 6.92 Å². The Balaban J connectivity index is 2.78. The molecule has 1 aliphatic rings.